The molecule has 0 amide bonds. The maximum atomic E-state index is 12.5. The van der Waals surface area contributed by atoms with Gasteiger partial charge < -0.3 is 0 Å². The van der Waals surface area contributed by atoms with E-state index in [0.29, 0.717) is 6.42 Å². The molecule has 128 valence electrons. The molecule has 0 N–H and O–H groups in total. The zero-order chi connectivity index (χ0) is 17.9. The van der Waals surface area contributed by atoms with Crippen LogP contribution in [-0.2, 0) is 9.53 Å². The molecule has 2 nitrogen and oxygen atoms in total. The minimum absolute atomic E-state index is 0.195. The number of benzene rings is 3. The summed E-state index contributed by atoms with van der Waals surface area (Å²) in [6, 6.07) is 24.9. The minimum atomic E-state index is -0.762. The van der Waals surface area contributed by atoms with Gasteiger partial charge in [0.25, 0.3) is 0 Å². The van der Waals surface area contributed by atoms with Crippen LogP contribution in [0.25, 0.3) is 10.8 Å². The molecule has 3 aromatic rings. The molecule has 0 saturated carbocycles. The van der Waals surface area contributed by atoms with E-state index in [0.717, 1.165) is 11.1 Å². The Morgan fingerprint density at radius 3 is 2.50 bits per heavy atom. The van der Waals surface area contributed by atoms with Gasteiger partial charge in [-0.1, -0.05) is 0 Å². The summed E-state index contributed by atoms with van der Waals surface area (Å²) in [4.78, 5) is 12.5. The molecule has 0 aliphatic carbocycles. The van der Waals surface area contributed by atoms with Crippen LogP contribution in [0.4, 0.5) is 0 Å². The predicted molar refractivity (Wildman–Crippen MR) is 106 cm³/mol. The average molecular weight is 454 g/mol. The molecule has 0 bridgehead atoms. The van der Waals surface area contributed by atoms with Crippen molar-refractivity contribution in [3.05, 3.63) is 100 Å². The monoisotopic (exact) mass is 456 g/mol. The van der Waals surface area contributed by atoms with Gasteiger partial charge in [-0.25, -0.2) is 0 Å². The van der Waals surface area contributed by atoms with Crippen molar-refractivity contribution in [2.45, 2.75) is 12.5 Å². The fourth-order valence-corrected chi connectivity index (χ4v) is 6.78. The van der Waals surface area contributed by atoms with Crippen LogP contribution in [0.5, 0.6) is 0 Å². The zero-order valence-electron chi connectivity index (χ0n) is 14.2. The first-order valence-corrected chi connectivity index (χ1v) is 10.9. The molecule has 1 aliphatic heterocycles. The Labute approximate surface area is 163 Å². The van der Waals surface area contributed by atoms with Crippen LogP contribution in [0.15, 0.2) is 94.6 Å². The Morgan fingerprint density at radius 2 is 1.69 bits per heavy atom. The fourth-order valence-electron chi connectivity index (χ4n) is 3.18. The van der Waals surface area contributed by atoms with Gasteiger partial charge in [0.05, 0.1) is 0 Å². The van der Waals surface area contributed by atoms with E-state index in [4.69, 9.17) is 4.74 Å². The van der Waals surface area contributed by atoms with Crippen molar-refractivity contribution in [2.75, 3.05) is 0 Å². The molecule has 4 rings (SSSR count). The molecule has 0 radical (unpaired) electrons. The van der Waals surface area contributed by atoms with Gasteiger partial charge in [-0.3, -0.25) is 0 Å². The second kappa shape index (κ2) is 7.50. The van der Waals surface area contributed by atoms with Crippen molar-refractivity contribution < 1.29 is 9.53 Å². The first-order valence-electron chi connectivity index (χ1n) is 8.53. The first-order chi connectivity index (χ1) is 12.8. The Balaban J connectivity index is 1.81. The van der Waals surface area contributed by atoms with E-state index < -0.39 is 20.9 Å². The first kappa shape index (κ1) is 17.1. The van der Waals surface area contributed by atoms with E-state index in [1.165, 1.54) is 18.0 Å². The summed E-state index contributed by atoms with van der Waals surface area (Å²) in [5.74, 6) is -0.195. The summed E-state index contributed by atoms with van der Waals surface area (Å²) in [7, 11) is 0. The van der Waals surface area contributed by atoms with E-state index in [1.54, 1.807) is 6.08 Å². The number of esters is 1. The molecule has 1 unspecified atom stereocenters. The fraction of sp³-hybridized carbons (Fsp3) is 0.0870. The van der Waals surface area contributed by atoms with Crippen molar-refractivity contribution in [1.82, 2.24) is 0 Å². The average Bonchev–Trinajstić information content (AvgIpc) is 2.99. The van der Waals surface area contributed by atoms with E-state index in [1.807, 2.05) is 30.3 Å². The number of fused-ring (bicyclic) bond motifs is 1. The molecular weight excluding hydrogens is 436 g/mol. The molecule has 0 saturated heterocycles. The molecule has 1 aliphatic rings. The van der Waals surface area contributed by atoms with Crippen LogP contribution in [-0.4, -0.2) is 26.9 Å². The van der Waals surface area contributed by atoms with Crippen LogP contribution in [0.2, 0.25) is 0 Å². The van der Waals surface area contributed by atoms with Crippen molar-refractivity contribution in [3.63, 3.8) is 0 Å². The number of cyclic esters (lactones) is 1. The van der Waals surface area contributed by atoms with Gasteiger partial charge in [0, 0.05) is 0 Å². The number of allylic oxidation sites excluding steroid dienone is 1. The second-order valence-corrected chi connectivity index (χ2v) is 9.20. The molecule has 1 heterocycles. The van der Waals surface area contributed by atoms with E-state index in [2.05, 4.69) is 49.0 Å². The van der Waals surface area contributed by atoms with Gasteiger partial charge in [-0.2, -0.15) is 0 Å². The zero-order valence-corrected chi connectivity index (χ0v) is 16.6. The van der Waals surface area contributed by atoms with Gasteiger partial charge in [0.2, 0.25) is 0 Å². The number of rotatable bonds is 5. The number of hydrogen-bond acceptors (Lipinski definition) is 2. The van der Waals surface area contributed by atoms with Gasteiger partial charge in [-0.05, 0) is 0 Å². The van der Waals surface area contributed by atoms with Crippen molar-refractivity contribution in [3.8, 4) is 0 Å². The molecule has 0 aromatic heterocycles. The summed E-state index contributed by atoms with van der Waals surface area (Å²) in [6.45, 7) is 3.82. The van der Waals surface area contributed by atoms with E-state index in [9.17, 15) is 4.79 Å². The SMILES string of the molecule is C=CCC1=C([Te]c2cccc3ccccc23)C(c2ccccc2)OC1=O. The third kappa shape index (κ3) is 3.21. The maximum absolute atomic E-state index is 12.5. The Hall–Kier alpha value is -2.34. The summed E-state index contributed by atoms with van der Waals surface area (Å²) >= 11 is -0.762. The van der Waals surface area contributed by atoms with Crippen LogP contribution >= 0.6 is 0 Å². The summed E-state index contributed by atoms with van der Waals surface area (Å²) < 4.78 is 8.29. The molecular formula is C23H18O2Te. The van der Waals surface area contributed by atoms with Gasteiger partial charge in [0.15, 0.2) is 0 Å². The Kier molecular flexibility index (Phi) is 4.93. The number of ether oxygens (including phenoxy) is 1. The Bertz CT molecular complexity index is 1000. The van der Waals surface area contributed by atoms with Crippen molar-refractivity contribution in [2.24, 2.45) is 0 Å². The van der Waals surface area contributed by atoms with Crippen LogP contribution in [0, 0.1) is 0 Å². The third-order valence-electron chi connectivity index (χ3n) is 4.43. The van der Waals surface area contributed by atoms with Gasteiger partial charge >= 0.3 is 164 Å². The normalized spacial score (nSPS) is 16.8. The van der Waals surface area contributed by atoms with E-state index >= 15 is 0 Å². The molecule has 0 fully saturated rings. The summed E-state index contributed by atoms with van der Waals surface area (Å²) in [6.07, 6.45) is 2.09. The van der Waals surface area contributed by atoms with Crippen LogP contribution in [0.3, 0.4) is 0 Å². The van der Waals surface area contributed by atoms with Crippen molar-refractivity contribution in [1.29, 1.82) is 0 Å². The molecule has 3 aromatic carbocycles. The number of carbonyl (C=O) groups excluding carboxylic acids is 1. The summed E-state index contributed by atoms with van der Waals surface area (Å²) in [5, 5.41) is 2.51. The molecule has 26 heavy (non-hydrogen) atoms. The van der Waals surface area contributed by atoms with Gasteiger partial charge in [0.1, 0.15) is 0 Å². The quantitative estimate of drug-likeness (QED) is 0.327. The van der Waals surface area contributed by atoms with Crippen molar-refractivity contribution >= 4 is 41.3 Å². The van der Waals surface area contributed by atoms with E-state index in [-0.39, 0.29) is 12.1 Å². The number of carbonyl (C=O) groups is 1. The standard InChI is InChI=1S/C23H18O2Te/c1-2-9-19-22(21(25-23(19)24)17-11-4-3-5-12-17)26-20-15-8-13-16-10-6-7-14-18(16)20/h2-8,10-15,21H,1,9H2. The van der Waals surface area contributed by atoms with Crippen LogP contribution < -0.4 is 3.61 Å². The Morgan fingerprint density at radius 1 is 0.962 bits per heavy atom. The molecule has 3 heteroatoms. The number of hydrogen-bond donors (Lipinski definition) is 0. The summed E-state index contributed by atoms with van der Waals surface area (Å²) in [5.41, 5.74) is 1.84. The van der Waals surface area contributed by atoms with Gasteiger partial charge in [-0.15, -0.1) is 0 Å². The molecule has 0 spiro atoms. The topological polar surface area (TPSA) is 26.3 Å². The molecule has 1 atom stereocenters. The van der Waals surface area contributed by atoms with Crippen LogP contribution in [0.1, 0.15) is 18.1 Å². The third-order valence-corrected chi connectivity index (χ3v) is 8.01. The second-order valence-electron chi connectivity index (χ2n) is 6.11. The predicted octanol–water partition coefficient (Wildman–Crippen LogP) is 4.30.